The summed E-state index contributed by atoms with van der Waals surface area (Å²) >= 11 is 2.20. The SMILES string of the molecule is [2H]c1cc([2H])c(N2CCCC2)c(C)c1I. The molecule has 1 saturated heterocycles. The zero-order chi connectivity index (χ0) is 11.0. The van der Waals surface area contributed by atoms with Crippen LogP contribution in [0.5, 0.6) is 0 Å². The van der Waals surface area contributed by atoms with Crippen LogP contribution in [0.4, 0.5) is 5.69 Å². The molecule has 13 heavy (non-hydrogen) atoms. The van der Waals surface area contributed by atoms with Crippen molar-refractivity contribution >= 4 is 28.3 Å². The average Bonchev–Trinajstić information content (AvgIpc) is 2.68. The first-order valence-corrected chi connectivity index (χ1v) is 5.70. The summed E-state index contributed by atoms with van der Waals surface area (Å²) < 4.78 is 16.6. The van der Waals surface area contributed by atoms with Gasteiger partial charge in [-0.05, 0) is 60.0 Å². The highest BCUT2D eigenvalue weighted by Gasteiger charge is 2.14. The van der Waals surface area contributed by atoms with Crippen molar-refractivity contribution in [2.45, 2.75) is 19.8 Å². The van der Waals surface area contributed by atoms with Crippen molar-refractivity contribution in [1.82, 2.24) is 0 Å². The number of benzene rings is 1. The third kappa shape index (κ3) is 1.82. The fraction of sp³-hybridized carbons (Fsp3) is 0.455. The Labute approximate surface area is 96.1 Å². The molecule has 0 amide bonds. The molecule has 0 N–H and O–H groups in total. The van der Waals surface area contributed by atoms with Crippen molar-refractivity contribution in [2.75, 3.05) is 18.0 Å². The van der Waals surface area contributed by atoms with Gasteiger partial charge in [-0.2, -0.15) is 0 Å². The molecule has 0 atom stereocenters. The summed E-state index contributed by atoms with van der Waals surface area (Å²) in [5, 5.41) is 0. The molecule has 2 rings (SSSR count). The fourth-order valence-corrected chi connectivity index (χ4v) is 2.17. The van der Waals surface area contributed by atoms with Gasteiger partial charge < -0.3 is 4.90 Å². The Morgan fingerprint density at radius 3 is 2.77 bits per heavy atom. The number of anilines is 1. The van der Waals surface area contributed by atoms with Crippen LogP contribution >= 0.6 is 22.6 Å². The summed E-state index contributed by atoms with van der Waals surface area (Å²) in [6.45, 7) is 4.13. The lowest BCUT2D eigenvalue weighted by atomic mass is 10.2. The van der Waals surface area contributed by atoms with Crippen LogP contribution < -0.4 is 4.90 Å². The molecule has 0 saturated carbocycles. The van der Waals surface area contributed by atoms with E-state index in [1.165, 1.54) is 12.8 Å². The molecule has 1 heterocycles. The summed E-state index contributed by atoms with van der Waals surface area (Å²) in [7, 11) is 0. The van der Waals surface area contributed by atoms with Gasteiger partial charge in [-0.15, -0.1) is 0 Å². The third-order valence-electron chi connectivity index (χ3n) is 2.51. The maximum atomic E-state index is 7.95. The highest BCUT2D eigenvalue weighted by molar-refractivity contribution is 14.1. The van der Waals surface area contributed by atoms with E-state index in [4.69, 9.17) is 2.74 Å². The molecular formula is C11H14IN. The Morgan fingerprint density at radius 1 is 1.38 bits per heavy atom. The second kappa shape index (κ2) is 3.86. The number of hydrogen-bond acceptors (Lipinski definition) is 1. The molecule has 0 aliphatic carbocycles. The van der Waals surface area contributed by atoms with Crippen molar-refractivity contribution in [2.24, 2.45) is 0 Å². The lowest BCUT2D eigenvalue weighted by Gasteiger charge is -2.20. The minimum absolute atomic E-state index is 0.473. The van der Waals surface area contributed by atoms with E-state index in [1.807, 2.05) is 6.92 Å². The molecule has 1 aliphatic rings. The molecule has 1 aliphatic heterocycles. The Hall–Kier alpha value is -0.250. The first kappa shape index (κ1) is 7.10. The molecule has 1 nitrogen and oxygen atoms in total. The molecule has 1 aromatic carbocycles. The van der Waals surface area contributed by atoms with Crippen LogP contribution in [0.3, 0.4) is 0 Å². The van der Waals surface area contributed by atoms with Crippen molar-refractivity contribution < 1.29 is 2.74 Å². The first-order chi connectivity index (χ1) is 7.11. The standard InChI is InChI=1S/C11H14IN/c1-9-10(12)5-4-6-11(9)13-7-2-3-8-13/h4-6H,2-3,7-8H2,1H3/i5D,6D. The summed E-state index contributed by atoms with van der Waals surface area (Å²) in [5.74, 6) is 0. The molecule has 0 aromatic heterocycles. The topological polar surface area (TPSA) is 3.24 Å². The van der Waals surface area contributed by atoms with Gasteiger partial charge in [0.05, 0.1) is 2.74 Å². The van der Waals surface area contributed by atoms with E-state index >= 15 is 0 Å². The van der Waals surface area contributed by atoms with Gasteiger partial charge in [-0.25, -0.2) is 0 Å². The van der Waals surface area contributed by atoms with E-state index in [-0.39, 0.29) is 0 Å². The maximum absolute atomic E-state index is 7.95. The van der Waals surface area contributed by atoms with E-state index in [0.29, 0.717) is 12.1 Å². The van der Waals surface area contributed by atoms with Crippen molar-refractivity contribution in [3.63, 3.8) is 0 Å². The van der Waals surface area contributed by atoms with Gasteiger partial charge in [0.15, 0.2) is 0 Å². The second-order valence-electron chi connectivity index (χ2n) is 3.41. The van der Waals surface area contributed by atoms with Crippen LogP contribution in [-0.4, -0.2) is 13.1 Å². The highest BCUT2D eigenvalue weighted by Crippen LogP contribution is 2.26. The van der Waals surface area contributed by atoms with Gasteiger partial charge in [-0.1, -0.05) is 6.07 Å². The summed E-state index contributed by atoms with van der Waals surface area (Å²) in [4.78, 5) is 2.28. The van der Waals surface area contributed by atoms with Crippen molar-refractivity contribution in [3.05, 3.63) is 27.3 Å². The Morgan fingerprint density at radius 2 is 2.08 bits per heavy atom. The van der Waals surface area contributed by atoms with Crippen molar-refractivity contribution in [3.8, 4) is 0 Å². The smallest absolute Gasteiger partial charge is 0.0645 e. The predicted octanol–water partition coefficient (Wildman–Crippen LogP) is 3.20. The Kier molecular flexibility index (Phi) is 2.11. The minimum Gasteiger partial charge on any atom is -0.371 e. The number of nitrogens with zero attached hydrogens (tertiary/aromatic N) is 1. The van der Waals surface area contributed by atoms with Crippen LogP contribution in [0.15, 0.2) is 18.2 Å². The number of hydrogen-bond donors (Lipinski definition) is 0. The first-order valence-electron chi connectivity index (χ1n) is 5.62. The lowest BCUT2D eigenvalue weighted by molar-refractivity contribution is 0.949. The van der Waals surface area contributed by atoms with Crippen molar-refractivity contribution in [1.29, 1.82) is 0 Å². The van der Waals surface area contributed by atoms with Gasteiger partial charge in [0.25, 0.3) is 0 Å². The normalized spacial score (nSPS) is 18.8. The summed E-state index contributed by atoms with van der Waals surface area (Å²) in [5.41, 5.74) is 2.13. The van der Waals surface area contributed by atoms with Gasteiger partial charge in [0.2, 0.25) is 0 Å². The minimum atomic E-state index is 0.473. The van der Waals surface area contributed by atoms with Gasteiger partial charge >= 0.3 is 0 Å². The van der Waals surface area contributed by atoms with E-state index in [0.717, 1.165) is 27.9 Å². The third-order valence-corrected chi connectivity index (χ3v) is 3.63. The molecular weight excluding hydrogens is 273 g/mol. The molecule has 1 fully saturated rings. The maximum Gasteiger partial charge on any atom is 0.0645 e. The molecule has 0 bridgehead atoms. The molecule has 0 radical (unpaired) electrons. The summed E-state index contributed by atoms with van der Waals surface area (Å²) in [6.07, 6.45) is 2.44. The Bertz CT molecular complexity index is 387. The predicted molar refractivity (Wildman–Crippen MR) is 65.3 cm³/mol. The quantitative estimate of drug-likeness (QED) is 0.718. The zero-order valence-electron chi connectivity index (χ0n) is 9.73. The molecule has 1 aromatic rings. The van der Waals surface area contributed by atoms with Crippen LogP contribution in [0.2, 0.25) is 0 Å². The van der Waals surface area contributed by atoms with Crippen LogP contribution in [0, 0.1) is 10.5 Å². The number of halogens is 1. The number of rotatable bonds is 1. The van der Waals surface area contributed by atoms with E-state index in [1.54, 1.807) is 6.07 Å². The lowest BCUT2D eigenvalue weighted by Crippen LogP contribution is -2.18. The largest absolute Gasteiger partial charge is 0.371 e. The van der Waals surface area contributed by atoms with Crippen LogP contribution in [0.1, 0.15) is 21.1 Å². The van der Waals surface area contributed by atoms with Gasteiger partial charge in [0, 0.05) is 22.3 Å². The molecule has 0 spiro atoms. The molecule has 0 unspecified atom stereocenters. The zero-order valence-corrected chi connectivity index (χ0v) is 9.89. The van der Waals surface area contributed by atoms with Crippen LogP contribution in [-0.2, 0) is 0 Å². The van der Waals surface area contributed by atoms with E-state index < -0.39 is 0 Å². The van der Waals surface area contributed by atoms with E-state index in [9.17, 15) is 0 Å². The molecule has 2 heteroatoms. The van der Waals surface area contributed by atoms with Crippen LogP contribution in [0.25, 0.3) is 0 Å². The Balaban J connectivity index is 2.50. The monoisotopic (exact) mass is 289 g/mol. The average molecular weight is 289 g/mol. The fourth-order valence-electron chi connectivity index (χ4n) is 1.76. The summed E-state index contributed by atoms with van der Waals surface area (Å²) in [6, 6.07) is 2.63. The second-order valence-corrected chi connectivity index (χ2v) is 4.49. The van der Waals surface area contributed by atoms with Gasteiger partial charge in [0.1, 0.15) is 0 Å². The van der Waals surface area contributed by atoms with E-state index in [2.05, 4.69) is 27.5 Å². The van der Waals surface area contributed by atoms with Gasteiger partial charge in [-0.3, -0.25) is 0 Å². The highest BCUT2D eigenvalue weighted by atomic mass is 127. The molecule has 70 valence electrons.